The quantitative estimate of drug-likeness (QED) is 0.258. The third kappa shape index (κ3) is 3.40. The Bertz CT molecular complexity index is 1450. The Morgan fingerprint density at radius 2 is 1.61 bits per heavy atom. The molecule has 0 fully saturated rings. The molecule has 0 aliphatic heterocycles. The molecule has 0 aliphatic rings. The van der Waals surface area contributed by atoms with Gasteiger partial charge in [0, 0.05) is 27.2 Å². The normalized spacial score (nSPS) is 12.5. The molecule has 0 atom stereocenters. The molecule has 2 heterocycles. The molecule has 2 aromatic heterocycles. The van der Waals surface area contributed by atoms with Crippen molar-refractivity contribution in [3.8, 4) is 11.3 Å². The highest BCUT2D eigenvalue weighted by Gasteiger charge is 2.22. The van der Waals surface area contributed by atoms with Crippen molar-refractivity contribution in [3.63, 3.8) is 0 Å². The molecule has 0 saturated carbocycles. The first-order valence-corrected chi connectivity index (χ1v) is 15.4. The van der Waals surface area contributed by atoms with E-state index >= 15 is 0 Å². The van der Waals surface area contributed by atoms with E-state index in [1.807, 2.05) is 17.5 Å². The lowest BCUT2D eigenvalue weighted by Gasteiger charge is -2.17. The van der Waals surface area contributed by atoms with Gasteiger partial charge in [0.25, 0.3) is 0 Å². The fourth-order valence-electron chi connectivity index (χ4n) is 4.65. The lowest BCUT2D eigenvalue weighted by Crippen LogP contribution is -2.37. The number of rotatable bonds is 3. The number of fused-ring (bicyclic) bond motifs is 4. The van der Waals surface area contributed by atoms with Crippen molar-refractivity contribution in [2.75, 3.05) is 0 Å². The molecule has 156 valence electrons. The molecule has 1 nitrogen and oxygen atoms in total. The number of hydrogen-bond donors (Lipinski definition) is 0. The van der Waals surface area contributed by atoms with E-state index in [4.69, 9.17) is 4.98 Å². The summed E-state index contributed by atoms with van der Waals surface area (Å²) in [4.78, 5) is 4.92. The third-order valence-corrected chi connectivity index (χ3v) is 9.73. The molecule has 31 heavy (non-hydrogen) atoms. The Balaban J connectivity index is 1.84. The van der Waals surface area contributed by atoms with Gasteiger partial charge < -0.3 is 0 Å². The molecule has 0 aliphatic carbocycles. The second-order valence-corrected chi connectivity index (χ2v) is 16.1. The maximum atomic E-state index is 4.92. The Morgan fingerprint density at radius 3 is 2.35 bits per heavy atom. The zero-order valence-corrected chi connectivity index (χ0v) is 21.0. The second kappa shape index (κ2) is 7.28. The van der Waals surface area contributed by atoms with Crippen LogP contribution in [0.2, 0.25) is 19.6 Å². The highest BCUT2D eigenvalue weighted by atomic mass is 32.1. The van der Waals surface area contributed by atoms with Gasteiger partial charge in [0.1, 0.15) is 0 Å². The van der Waals surface area contributed by atoms with Gasteiger partial charge in [-0.2, -0.15) is 0 Å². The molecule has 3 aromatic carbocycles. The highest BCUT2D eigenvalue weighted by molar-refractivity contribution is 7.28. The molecule has 0 bridgehead atoms. The smallest absolute Gasteiger partial charge is 0.0880 e. The number of hydrogen-bond acceptors (Lipinski definition) is 2. The summed E-state index contributed by atoms with van der Waals surface area (Å²) in [6.45, 7) is 14.0. The van der Waals surface area contributed by atoms with Crippen LogP contribution in [0.3, 0.4) is 0 Å². The van der Waals surface area contributed by atoms with Crippen molar-refractivity contribution in [1.82, 2.24) is 4.98 Å². The van der Waals surface area contributed by atoms with Crippen molar-refractivity contribution in [3.05, 3.63) is 71.9 Å². The largest absolute Gasteiger partial charge is 0.255 e. The van der Waals surface area contributed by atoms with Crippen LogP contribution in [0.4, 0.5) is 0 Å². The maximum Gasteiger partial charge on any atom is 0.0880 e. The predicted octanol–water partition coefficient (Wildman–Crippen LogP) is 8.25. The Kier molecular flexibility index (Phi) is 4.80. The van der Waals surface area contributed by atoms with Crippen molar-refractivity contribution < 1.29 is 0 Å². The van der Waals surface area contributed by atoms with Gasteiger partial charge in [0.05, 0.1) is 18.5 Å². The first-order valence-electron chi connectivity index (χ1n) is 11.1. The van der Waals surface area contributed by atoms with Gasteiger partial charge in [-0.05, 0) is 52.6 Å². The lowest BCUT2D eigenvalue weighted by atomic mass is 9.92. The van der Waals surface area contributed by atoms with Crippen LogP contribution in [0.5, 0.6) is 0 Å². The Labute approximate surface area is 189 Å². The number of benzene rings is 3. The van der Waals surface area contributed by atoms with Gasteiger partial charge in [-0.1, -0.05) is 75.5 Å². The fraction of sp³-hybridized carbons (Fsp3) is 0.250. The van der Waals surface area contributed by atoms with Gasteiger partial charge >= 0.3 is 0 Å². The second-order valence-electron chi connectivity index (χ2n) is 10.0. The minimum atomic E-state index is -1.43. The number of pyridine rings is 1. The number of nitrogens with zero attached hydrogens (tertiary/aromatic N) is 1. The molecule has 0 saturated heterocycles. The molecule has 0 amide bonds. The predicted molar refractivity (Wildman–Crippen MR) is 142 cm³/mol. The van der Waals surface area contributed by atoms with Crippen LogP contribution in [0, 0.1) is 6.92 Å². The van der Waals surface area contributed by atoms with E-state index in [1.54, 1.807) is 5.19 Å². The van der Waals surface area contributed by atoms with Gasteiger partial charge in [0.2, 0.25) is 0 Å². The molecular formula is C28H29NSSi. The van der Waals surface area contributed by atoms with Crippen molar-refractivity contribution in [2.45, 2.75) is 46.3 Å². The summed E-state index contributed by atoms with van der Waals surface area (Å²) in [6, 6.07) is 20.6. The summed E-state index contributed by atoms with van der Waals surface area (Å²) >= 11 is 1.93. The monoisotopic (exact) mass is 439 g/mol. The first kappa shape index (κ1) is 20.4. The summed E-state index contributed by atoms with van der Waals surface area (Å²) in [6.07, 6.45) is 1.99. The summed E-state index contributed by atoms with van der Waals surface area (Å²) in [5.74, 6) is 0.463. The van der Waals surface area contributed by atoms with E-state index in [2.05, 4.69) is 95.0 Å². The average Bonchev–Trinajstić information content (AvgIpc) is 3.10. The van der Waals surface area contributed by atoms with Crippen LogP contribution in [0.15, 0.2) is 60.8 Å². The molecule has 0 spiro atoms. The standard InChI is InChI=1S/C28H29NSSi/c1-17(2)24-16-20(15-19-14-18(3)10-11-21(19)24)26-28-23(12-13-29-26)22-8-7-9-25(27(22)30-28)31(4,5)6/h7-17H,1-6H3. The van der Waals surface area contributed by atoms with Crippen LogP contribution in [-0.2, 0) is 0 Å². The van der Waals surface area contributed by atoms with E-state index in [9.17, 15) is 0 Å². The molecule has 0 unspecified atom stereocenters. The topological polar surface area (TPSA) is 12.9 Å². The molecule has 5 aromatic rings. The van der Waals surface area contributed by atoms with Gasteiger partial charge in [0.15, 0.2) is 0 Å². The Hall–Kier alpha value is -2.49. The Morgan fingerprint density at radius 1 is 0.839 bits per heavy atom. The maximum absolute atomic E-state index is 4.92. The van der Waals surface area contributed by atoms with Gasteiger partial charge in [-0.25, -0.2) is 0 Å². The van der Waals surface area contributed by atoms with E-state index in [0.717, 1.165) is 5.69 Å². The summed E-state index contributed by atoms with van der Waals surface area (Å²) in [7, 11) is -1.43. The van der Waals surface area contributed by atoms with Crippen LogP contribution >= 0.6 is 11.3 Å². The van der Waals surface area contributed by atoms with Crippen LogP contribution in [0.25, 0.3) is 42.2 Å². The highest BCUT2D eigenvalue weighted by Crippen LogP contribution is 2.40. The number of thiophene rings is 1. The summed E-state index contributed by atoms with van der Waals surface area (Å²) in [5.41, 5.74) is 5.04. The fourth-order valence-corrected chi connectivity index (χ4v) is 8.36. The van der Waals surface area contributed by atoms with E-state index in [0.29, 0.717) is 5.92 Å². The zero-order chi connectivity index (χ0) is 21.9. The van der Waals surface area contributed by atoms with Crippen molar-refractivity contribution >= 4 is 55.5 Å². The SMILES string of the molecule is Cc1ccc2c(C(C)C)cc(-c3nccc4c3sc3c([Si](C)(C)C)cccc34)cc2c1. The molecule has 0 radical (unpaired) electrons. The molecule has 0 N–H and O–H groups in total. The molecular weight excluding hydrogens is 410 g/mol. The minimum Gasteiger partial charge on any atom is -0.255 e. The molecule has 3 heteroatoms. The number of aromatic nitrogens is 1. The third-order valence-electron chi connectivity index (χ3n) is 6.26. The zero-order valence-electron chi connectivity index (χ0n) is 19.2. The van der Waals surface area contributed by atoms with Crippen LogP contribution in [-0.4, -0.2) is 13.1 Å². The van der Waals surface area contributed by atoms with Gasteiger partial charge in [-0.15, -0.1) is 11.3 Å². The van der Waals surface area contributed by atoms with E-state index in [-0.39, 0.29) is 0 Å². The van der Waals surface area contributed by atoms with Crippen LogP contribution < -0.4 is 5.19 Å². The minimum absolute atomic E-state index is 0.463. The summed E-state index contributed by atoms with van der Waals surface area (Å²) < 4.78 is 2.76. The molecule has 5 rings (SSSR count). The van der Waals surface area contributed by atoms with E-state index in [1.165, 1.54) is 47.6 Å². The first-order chi connectivity index (χ1) is 14.7. The summed E-state index contributed by atoms with van der Waals surface area (Å²) in [5, 5.41) is 6.93. The van der Waals surface area contributed by atoms with E-state index < -0.39 is 8.07 Å². The number of aryl methyl sites for hydroxylation is 1. The average molecular weight is 440 g/mol. The van der Waals surface area contributed by atoms with Crippen molar-refractivity contribution in [2.24, 2.45) is 0 Å². The van der Waals surface area contributed by atoms with Crippen molar-refractivity contribution in [1.29, 1.82) is 0 Å². The van der Waals surface area contributed by atoms with Gasteiger partial charge in [-0.3, -0.25) is 4.98 Å². The van der Waals surface area contributed by atoms with Crippen LogP contribution in [0.1, 0.15) is 30.9 Å². The lowest BCUT2D eigenvalue weighted by molar-refractivity contribution is 0.876.